The van der Waals surface area contributed by atoms with Crippen LogP contribution in [0.15, 0.2) is 217 Å². The third kappa shape index (κ3) is 18.6. The Hall–Kier alpha value is -6.95. The Morgan fingerprint density at radius 1 is 0.797 bits per heavy atom. The van der Waals surface area contributed by atoms with E-state index in [1.807, 2.05) is 67.6 Å². The highest BCUT2D eigenvalue weighted by Gasteiger charge is 2.10. The third-order valence-electron chi connectivity index (χ3n) is 9.66. The van der Waals surface area contributed by atoms with E-state index in [1.54, 1.807) is 13.1 Å². The van der Waals surface area contributed by atoms with E-state index in [9.17, 15) is 0 Å². The molecule has 64 heavy (non-hydrogen) atoms. The molecule has 0 unspecified atom stereocenters. The van der Waals surface area contributed by atoms with Gasteiger partial charge in [0.25, 0.3) is 0 Å². The maximum absolute atomic E-state index is 6.82. The van der Waals surface area contributed by atoms with Crippen LogP contribution in [0.3, 0.4) is 0 Å². The van der Waals surface area contributed by atoms with Crippen LogP contribution in [-0.2, 0) is 6.42 Å². The highest BCUT2D eigenvalue weighted by Crippen LogP contribution is 2.30. The first kappa shape index (κ1) is 53.2. The van der Waals surface area contributed by atoms with E-state index in [-0.39, 0.29) is 13.5 Å². The second kappa shape index (κ2) is 31.0. The second-order valence-electron chi connectivity index (χ2n) is 14.7. The molecule has 0 radical (unpaired) electrons. The minimum Gasteiger partial charge on any atom is -0.308 e. The minimum atomic E-state index is 0. The summed E-state index contributed by atoms with van der Waals surface area (Å²) in [5, 5.41) is 6.82. The van der Waals surface area contributed by atoms with Gasteiger partial charge in [0.2, 0.25) is 0 Å². The molecular weight excluding hydrogens is 797 g/mol. The van der Waals surface area contributed by atoms with Crippen molar-refractivity contribution in [3.05, 3.63) is 246 Å². The Labute approximate surface area is 391 Å². The Bertz CT molecular complexity index is 2430. The lowest BCUT2D eigenvalue weighted by molar-refractivity contribution is 0.848. The maximum Gasteiger partial charge on any atom is 0.0709 e. The van der Waals surface area contributed by atoms with Crippen molar-refractivity contribution in [2.45, 2.75) is 46.5 Å². The third-order valence-corrected chi connectivity index (χ3v) is 9.66. The standard InChI is InChI=1S/C43H44N2.C7H7N.C7H8.C2H5N.H2S/c1-7-10-17-41(36(14-8-2)15-9-3)37-23-19-34(20-24-37)33(5)30-40(29-32(4)31-44-6)35-21-25-39(26-22-35)43-28-27-38-16-12-11-13-18-42(38)45-43;8-6-7-4-2-1-3-5-7;1-7-5-3-2-4-6-7;1-3-2;/h7-10,13,15,17-30H,1-2,5-6,11-12,14,16,31H2,3-4H3;1-6,8H;2-6H,1H3;1H2,2H3;1H2/b15-9-,17-10-,32-29+,40-30+,41-36-;;;;. The molecule has 1 aliphatic carbocycles. The van der Waals surface area contributed by atoms with E-state index in [0.717, 1.165) is 80.8 Å². The molecule has 0 atom stereocenters. The molecule has 0 fully saturated rings. The van der Waals surface area contributed by atoms with Gasteiger partial charge >= 0.3 is 0 Å². The Kier molecular flexibility index (Phi) is 25.7. The summed E-state index contributed by atoms with van der Waals surface area (Å²) in [5.74, 6) is 0. The monoisotopic (exact) mass is 863 g/mol. The summed E-state index contributed by atoms with van der Waals surface area (Å²) in [6, 6.07) is 41.4. The van der Waals surface area contributed by atoms with Crippen LogP contribution in [0.2, 0.25) is 0 Å². The highest BCUT2D eigenvalue weighted by molar-refractivity contribution is 7.59. The summed E-state index contributed by atoms with van der Waals surface area (Å²) in [5.41, 5.74) is 15.6. The van der Waals surface area contributed by atoms with Crippen molar-refractivity contribution in [1.82, 2.24) is 4.98 Å². The number of nitrogens with one attached hydrogen (secondary N) is 1. The van der Waals surface area contributed by atoms with Crippen molar-refractivity contribution in [1.29, 1.82) is 5.41 Å². The zero-order valence-electron chi connectivity index (χ0n) is 38.3. The first-order chi connectivity index (χ1) is 30.7. The number of allylic oxidation sites excluding steroid dienone is 13. The number of hydrogen-bond donors (Lipinski definition) is 1. The molecule has 0 saturated heterocycles. The quantitative estimate of drug-likeness (QED) is 0.0675. The van der Waals surface area contributed by atoms with Gasteiger partial charge in [-0.15, -0.1) is 6.58 Å². The van der Waals surface area contributed by atoms with Crippen LogP contribution in [0, 0.1) is 12.3 Å². The first-order valence-corrected chi connectivity index (χ1v) is 21.3. The summed E-state index contributed by atoms with van der Waals surface area (Å²) in [6.45, 7) is 25.8. The van der Waals surface area contributed by atoms with Gasteiger partial charge in [-0.05, 0) is 128 Å². The van der Waals surface area contributed by atoms with Gasteiger partial charge in [0.05, 0.1) is 17.9 Å². The molecule has 4 nitrogen and oxygen atoms in total. The van der Waals surface area contributed by atoms with E-state index in [0.29, 0.717) is 6.54 Å². The number of aliphatic imine (C=N–C) groups is 2. The Balaban J connectivity index is 0.000000612. The lowest BCUT2D eigenvalue weighted by Crippen LogP contribution is -1.94. The smallest absolute Gasteiger partial charge is 0.0709 e. The Morgan fingerprint density at radius 3 is 1.97 bits per heavy atom. The van der Waals surface area contributed by atoms with Gasteiger partial charge in [0.1, 0.15) is 0 Å². The molecule has 5 aromatic rings. The van der Waals surface area contributed by atoms with E-state index in [4.69, 9.17) is 10.4 Å². The van der Waals surface area contributed by atoms with Crippen molar-refractivity contribution >= 4 is 55.9 Å². The molecule has 4 aromatic carbocycles. The molecule has 328 valence electrons. The van der Waals surface area contributed by atoms with E-state index in [1.165, 1.54) is 29.3 Å². The molecule has 0 spiro atoms. The summed E-state index contributed by atoms with van der Waals surface area (Å²) in [7, 11) is 1.64. The normalized spacial score (nSPS) is 12.2. The van der Waals surface area contributed by atoms with Crippen molar-refractivity contribution in [2.75, 3.05) is 13.6 Å². The van der Waals surface area contributed by atoms with Crippen LogP contribution in [0.5, 0.6) is 0 Å². The second-order valence-corrected chi connectivity index (χ2v) is 14.7. The average Bonchev–Trinajstić information content (AvgIpc) is 3.56. The van der Waals surface area contributed by atoms with Crippen LogP contribution < -0.4 is 0 Å². The number of rotatable bonds is 14. The number of aromatic nitrogens is 1. The van der Waals surface area contributed by atoms with E-state index < -0.39 is 0 Å². The van der Waals surface area contributed by atoms with Crippen molar-refractivity contribution in [3.63, 3.8) is 0 Å². The molecule has 0 aliphatic heterocycles. The molecule has 1 heterocycles. The number of hydrogen-bond acceptors (Lipinski definition) is 4. The highest BCUT2D eigenvalue weighted by atomic mass is 32.1. The van der Waals surface area contributed by atoms with Gasteiger partial charge in [-0.3, -0.25) is 4.99 Å². The fourth-order valence-electron chi connectivity index (χ4n) is 6.55. The van der Waals surface area contributed by atoms with Gasteiger partial charge in [0, 0.05) is 18.8 Å². The first-order valence-electron chi connectivity index (χ1n) is 21.3. The van der Waals surface area contributed by atoms with E-state index >= 15 is 0 Å². The topological polar surface area (TPSA) is 61.5 Å². The largest absolute Gasteiger partial charge is 0.308 e. The van der Waals surface area contributed by atoms with Crippen LogP contribution in [0.4, 0.5) is 0 Å². The van der Waals surface area contributed by atoms with Crippen LogP contribution in [-0.4, -0.2) is 38.2 Å². The number of pyridine rings is 1. The molecule has 0 amide bonds. The van der Waals surface area contributed by atoms with Gasteiger partial charge < -0.3 is 10.4 Å². The number of nitrogens with zero attached hydrogens (tertiary/aromatic N) is 3. The molecule has 6 rings (SSSR count). The summed E-state index contributed by atoms with van der Waals surface area (Å²) in [4.78, 5) is 12.3. The van der Waals surface area contributed by atoms with Crippen LogP contribution in [0.25, 0.3) is 34.1 Å². The lowest BCUT2D eigenvalue weighted by atomic mass is 9.93. The van der Waals surface area contributed by atoms with Gasteiger partial charge in [-0.2, -0.15) is 13.5 Å². The predicted molar refractivity (Wildman–Crippen MR) is 291 cm³/mol. The Morgan fingerprint density at radius 2 is 1.42 bits per heavy atom. The SMILES string of the molecule is C=C\C=C/C(=C(/C=C\C)CC=C)c1ccc(C(=C)/C=C(\C=C(/C)CN=C)c2ccc(-c3ccc4c(n3)C=CCCC4)cc2)cc1.C=NC.Cc1ccccc1.N=Cc1ccccc1.S. The van der Waals surface area contributed by atoms with Crippen molar-refractivity contribution in [3.8, 4) is 11.3 Å². The van der Waals surface area contributed by atoms with Gasteiger partial charge in [0.15, 0.2) is 0 Å². The molecule has 1 aromatic heterocycles. The zero-order valence-corrected chi connectivity index (χ0v) is 39.3. The van der Waals surface area contributed by atoms with Crippen molar-refractivity contribution in [2.24, 2.45) is 9.98 Å². The summed E-state index contributed by atoms with van der Waals surface area (Å²) < 4.78 is 0. The van der Waals surface area contributed by atoms with Crippen LogP contribution in [0.1, 0.15) is 72.2 Å². The molecular formula is C59H66N4S. The lowest BCUT2D eigenvalue weighted by Gasteiger charge is -2.12. The fraction of sp³-hybridized carbons (Fsp3) is 0.153. The fourth-order valence-corrected chi connectivity index (χ4v) is 6.55. The number of aryl methyl sites for hydroxylation is 2. The maximum atomic E-state index is 6.82. The molecule has 1 N–H and O–H groups in total. The average molecular weight is 863 g/mol. The van der Waals surface area contributed by atoms with E-state index in [2.05, 4.69) is 172 Å². The molecule has 0 saturated carbocycles. The molecule has 0 bridgehead atoms. The zero-order chi connectivity index (χ0) is 45.7. The minimum absolute atomic E-state index is 0. The van der Waals surface area contributed by atoms with Crippen LogP contribution >= 0.6 is 13.5 Å². The number of benzene rings is 4. The summed E-state index contributed by atoms with van der Waals surface area (Å²) >= 11 is 0. The molecule has 5 heteroatoms. The van der Waals surface area contributed by atoms with Crippen molar-refractivity contribution < 1.29 is 0 Å². The molecule has 1 aliphatic rings. The van der Waals surface area contributed by atoms with Gasteiger partial charge in [-0.1, -0.05) is 188 Å². The predicted octanol–water partition coefficient (Wildman–Crippen LogP) is 15.6. The van der Waals surface area contributed by atoms with Gasteiger partial charge in [-0.25, -0.2) is 4.98 Å². The summed E-state index contributed by atoms with van der Waals surface area (Å²) in [6.07, 6.45) is 26.2. The number of fused-ring (bicyclic) bond motifs is 1.